The molecule has 110 valence electrons. The Kier molecular flexibility index (Phi) is 5.81. The van der Waals surface area contributed by atoms with E-state index in [1.807, 2.05) is 48.5 Å². The van der Waals surface area contributed by atoms with E-state index in [0.717, 1.165) is 28.7 Å². The van der Waals surface area contributed by atoms with Gasteiger partial charge in [0.1, 0.15) is 0 Å². The Labute approximate surface area is 133 Å². The van der Waals surface area contributed by atoms with Crippen molar-refractivity contribution in [3.63, 3.8) is 0 Å². The van der Waals surface area contributed by atoms with Gasteiger partial charge >= 0.3 is 0 Å². The highest BCUT2D eigenvalue weighted by molar-refractivity contribution is 9.10. The van der Waals surface area contributed by atoms with Crippen LogP contribution in [0.3, 0.4) is 0 Å². The fourth-order valence-corrected chi connectivity index (χ4v) is 2.16. The van der Waals surface area contributed by atoms with E-state index in [0.29, 0.717) is 12.1 Å². The molecular weight excluding hydrogens is 328 g/mol. The number of rotatable bonds is 6. The fraction of sp³-hybridized carbons (Fsp3) is 0.235. The van der Waals surface area contributed by atoms with Gasteiger partial charge in [-0.2, -0.15) is 0 Å². The van der Waals surface area contributed by atoms with Crippen LogP contribution >= 0.6 is 15.9 Å². The third-order valence-electron chi connectivity index (χ3n) is 3.09. The maximum absolute atomic E-state index is 12.1. The highest BCUT2D eigenvalue weighted by atomic mass is 79.9. The highest BCUT2D eigenvalue weighted by Gasteiger charge is 2.05. The van der Waals surface area contributed by atoms with Crippen molar-refractivity contribution in [1.82, 2.24) is 5.32 Å². The lowest BCUT2D eigenvalue weighted by Crippen LogP contribution is -2.22. The average molecular weight is 347 g/mol. The van der Waals surface area contributed by atoms with Crippen molar-refractivity contribution in [3.8, 4) is 0 Å². The molecule has 0 atom stereocenters. The highest BCUT2D eigenvalue weighted by Crippen LogP contribution is 2.12. The van der Waals surface area contributed by atoms with E-state index >= 15 is 0 Å². The lowest BCUT2D eigenvalue weighted by molar-refractivity contribution is 0.0951. The van der Waals surface area contributed by atoms with E-state index < -0.39 is 0 Å². The van der Waals surface area contributed by atoms with Crippen molar-refractivity contribution >= 4 is 27.5 Å². The Morgan fingerprint density at radius 3 is 2.33 bits per heavy atom. The second-order valence-corrected chi connectivity index (χ2v) is 5.73. The van der Waals surface area contributed by atoms with Gasteiger partial charge in [-0.05, 0) is 48.4 Å². The molecule has 0 saturated carbocycles. The molecule has 0 aliphatic carbocycles. The number of halogens is 1. The second kappa shape index (κ2) is 7.84. The maximum atomic E-state index is 12.1. The first-order valence-corrected chi connectivity index (χ1v) is 7.85. The lowest BCUT2D eigenvalue weighted by atomic mass is 10.1. The van der Waals surface area contributed by atoms with Gasteiger partial charge in [0.15, 0.2) is 0 Å². The summed E-state index contributed by atoms with van der Waals surface area (Å²) in [6, 6.07) is 15.5. The molecule has 21 heavy (non-hydrogen) atoms. The van der Waals surface area contributed by atoms with Crippen LogP contribution in [0.15, 0.2) is 53.0 Å². The zero-order valence-electron chi connectivity index (χ0n) is 12.0. The summed E-state index contributed by atoms with van der Waals surface area (Å²) >= 11 is 3.39. The van der Waals surface area contributed by atoms with Crippen LogP contribution in [0.1, 0.15) is 29.3 Å². The van der Waals surface area contributed by atoms with Crippen LogP contribution in [-0.2, 0) is 6.54 Å². The van der Waals surface area contributed by atoms with Crippen molar-refractivity contribution in [3.05, 3.63) is 64.1 Å². The minimum atomic E-state index is -0.0556. The van der Waals surface area contributed by atoms with Gasteiger partial charge in [0, 0.05) is 28.8 Å². The van der Waals surface area contributed by atoms with Gasteiger partial charge in [0.25, 0.3) is 5.91 Å². The van der Waals surface area contributed by atoms with Gasteiger partial charge in [-0.1, -0.05) is 35.0 Å². The molecule has 0 aliphatic heterocycles. The van der Waals surface area contributed by atoms with Gasteiger partial charge in [-0.3, -0.25) is 4.79 Å². The minimum absolute atomic E-state index is 0.0556. The van der Waals surface area contributed by atoms with Crippen LogP contribution in [0, 0.1) is 0 Å². The zero-order chi connectivity index (χ0) is 15.1. The number of carbonyl (C=O) groups excluding carboxylic acids is 1. The Morgan fingerprint density at radius 1 is 1.05 bits per heavy atom. The first kappa shape index (κ1) is 15.6. The number of amides is 1. The van der Waals surface area contributed by atoms with E-state index in [4.69, 9.17) is 0 Å². The van der Waals surface area contributed by atoms with Crippen LogP contribution < -0.4 is 10.6 Å². The SMILES string of the molecule is CCCNc1ccc(C(=O)NCc2ccc(Br)cc2)cc1. The van der Waals surface area contributed by atoms with E-state index in [1.54, 1.807) is 0 Å². The molecule has 3 nitrogen and oxygen atoms in total. The summed E-state index contributed by atoms with van der Waals surface area (Å²) in [7, 11) is 0. The monoisotopic (exact) mass is 346 g/mol. The Morgan fingerprint density at radius 2 is 1.71 bits per heavy atom. The fourth-order valence-electron chi connectivity index (χ4n) is 1.90. The predicted molar refractivity (Wildman–Crippen MR) is 90.5 cm³/mol. The van der Waals surface area contributed by atoms with Gasteiger partial charge in [0.05, 0.1) is 0 Å². The van der Waals surface area contributed by atoms with Crippen LogP contribution in [-0.4, -0.2) is 12.5 Å². The Hall–Kier alpha value is -1.81. The van der Waals surface area contributed by atoms with Crippen molar-refractivity contribution in [1.29, 1.82) is 0 Å². The van der Waals surface area contributed by atoms with E-state index in [1.165, 1.54) is 0 Å². The third kappa shape index (κ3) is 4.90. The van der Waals surface area contributed by atoms with Crippen LogP contribution in [0.2, 0.25) is 0 Å². The smallest absolute Gasteiger partial charge is 0.251 e. The standard InChI is InChI=1S/C17H19BrN2O/c1-2-11-19-16-9-5-14(6-10-16)17(21)20-12-13-3-7-15(18)8-4-13/h3-10,19H,2,11-12H2,1H3,(H,20,21). The molecule has 0 spiro atoms. The Bertz CT molecular complexity index is 579. The summed E-state index contributed by atoms with van der Waals surface area (Å²) in [5.74, 6) is -0.0556. The van der Waals surface area contributed by atoms with Crippen molar-refractivity contribution in [2.45, 2.75) is 19.9 Å². The maximum Gasteiger partial charge on any atom is 0.251 e. The number of anilines is 1. The van der Waals surface area contributed by atoms with Crippen molar-refractivity contribution in [2.24, 2.45) is 0 Å². The Balaban J connectivity index is 1.89. The molecule has 0 saturated heterocycles. The molecule has 0 heterocycles. The quantitative estimate of drug-likeness (QED) is 0.822. The van der Waals surface area contributed by atoms with Crippen molar-refractivity contribution < 1.29 is 4.79 Å². The van der Waals surface area contributed by atoms with Crippen molar-refractivity contribution in [2.75, 3.05) is 11.9 Å². The normalized spacial score (nSPS) is 10.2. The molecule has 2 N–H and O–H groups in total. The minimum Gasteiger partial charge on any atom is -0.385 e. The molecule has 0 unspecified atom stereocenters. The molecular formula is C17H19BrN2O. The third-order valence-corrected chi connectivity index (χ3v) is 3.62. The summed E-state index contributed by atoms with van der Waals surface area (Å²) < 4.78 is 1.03. The van der Waals surface area contributed by atoms with Gasteiger partial charge in [-0.15, -0.1) is 0 Å². The number of hydrogen-bond donors (Lipinski definition) is 2. The molecule has 2 aromatic rings. The molecule has 1 amide bonds. The van der Waals surface area contributed by atoms with Crippen LogP contribution in [0.5, 0.6) is 0 Å². The average Bonchev–Trinajstić information content (AvgIpc) is 2.52. The molecule has 0 aromatic heterocycles. The topological polar surface area (TPSA) is 41.1 Å². The summed E-state index contributed by atoms with van der Waals surface area (Å²) in [5, 5.41) is 6.21. The van der Waals surface area contributed by atoms with E-state index in [9.17, 15) is 4.79 Å². The lowest BCUT2D eigenvalue weighted by Gasteiger charge is -2.08. The molecule has 2 aromatic carbocycles. The van der Waals surface area contributed by atoms with E-state index in [-0.39, 0.29) is 5.91 Å². The predicted octanol–water partition coefficient (Wildman–Crippen LogP) is 4.20. The second-order valence-electron chi connectivity index (χ2n) is 4.81. The van der Waals surface area contributed by atoms with E-state index in [2.05, 4.69) is 33.5 Å². The molecule has 4 heteroatoms. The molecule has 0 aliphatic rings. The first-order chi connectivity index (χ1) is 10.2. The first-order valence-electron chi connectivity index (χ1n) is 7.05. The largest absolute Gasteiger partial charge is 0.385 e. The van der Waals surface area contributed by atoms with Crippen LogP contribution in [0.25, 0.3) is 0 Å². The van der Waals surface area contributed by atoms with Gasteiger partial charge in [0.2, 0.25) is 0 Å². The molecule has 0 bridgehead atoms. The number of hydrogen-bond acceptors (Lipinski definition) is 2. The zero-order valence-corrected chi connectivity index (χ0v) is 13.6. The van der Waals surface area contributed by atoms with Gasteiger partial charge in [-0.25, -0.2) is 0 Å². The molecule has 0 radical (unpaired) electrons. The number of carbonyl (C=O) groups is 1. The van der Waals surface area contributed by atoms with Crippen LogP contribution in [0.4, 0.5) is 5.69 Å². The summed E-state index contributed by atoms with van der Waals surface area (Å²) in [4.78, 5) is 12.1. The molecule has 2 rings (SSSR count). The summed E-state index contributed by atoms with van der Waals surface area (Å²) in [6.45, 7) is 3.59. The summed E-state index contributed by atoms with van der Waals surface area (Å²) in [5.41, 5.74) is 2.79. The number of benzene rings is 2. The number of nitrogens with one attached hydrogen (secondary N) is 2. The molecule has 0 fully saturated rings. The van der Waals surface area contributed by atoms with Gasteiger partial charge < -0.3 is 10.6 Å². The summed E-state index contributed by atoms with van der Waals surface area (Å²) in [6.07, 6.45) is 1.08.